The summed E-state index contributed by atoms with van der Waals surface area (Å²) in [7, 11) is 0. The molecule has 4 unspecified atom stereocenters. The van der Waals surface area contributed by atoms with E-state index in [-0.39, 0.29) is 0 Å². The van der Waals surface area contributed by atoms with Crippen LogP contribution in [0.4, 0.5) is 0 Å². The van der Waals surface area contributed by atoms with Crippen molar-refractivity contribution in [2.45, 2.75) is 29.6 Å². The van der Waals surface area contributed by atoms with Crippen molar-refractivity contribution in [3.05, 3.63) is 52.4 Å². The zero-order chi connectivity index (χ0) is 21.3. The van der Waals surface area contributed by atoms with Gasteiger partial charge < -0.3 is 20.1 Å². The van der Waals surface area contributed by atoms with E-state index in [0.717, 1.165) is 10.6 Å². The first-order valence-corrected chi connectivity index (χ1v) is 10.8. The molecule has 0 bridgehead atoms. The Hall–Kier alpha value is -1.72. The summed E-state index contributed by atoms with van der Waals surface area (Å²) in [6.45, 7) is -0.408. The highest BCUT2D eigenvalue weighted by molar-refractivity contribution is 7.99. The molecule has 0 amide bonds. The Balaban J connectivity index is 1.49. The molecule has 1 aliphatic rings. The number of aromatic nitrogens is 4. The van der Waals surface area contributed by atoms with Crippen LogP contribution in [-0.2, 0) is 4.74 Å². The van der Waals surface area contributed by atoms with E-state index in [1.165, 1.54) is 22.8 Å². The van der Waals surface area contributed by atoms with Crippen LogP contribution in [0.3, 0.4) is 0 Å². The van der Waals surface area contributed by atoms with E-state index in [1.54, 1.807) is 18.3 Å². The molecule has 158 valence electrons. The van der Waals surface area contributed by atoms with Crippen LogP contribution < -0.4 is 0 Å². The van der Waals surface area contributed by atoms with Crippen LogP contribution in [0.15, 0.2) is 41.8 Å². The number of hydrogen-bond donors (Lipinski definition) is 3. The van der Waals surface area contributed by atoms with Crippen LogP contribution in [-0.4, -0.2) is 65.7 Å². The minimum Gasteiger partial charge on any atom is -0.394 e. The summed E-state index contributed by atoms with van der Waals surface area (Å²) in [5.74, 6) is 0.644. The number of nitrogens with zero attached hydrogens (tertiary/aromatic N) is 4. The molecule has 0 saturated carbocycles. The normalized spacial score (nSPS) is 24.3. The van der Waals surface area contributed by atoms with Crippen molar-refractivity contribution in [1.82, 2.24) is 19.7 Å². The van der Waals surface area contributed by atoms with Crippen LogP contribution in [0, 0.1) is 0 Å². The lowest BCUT2D eigenvalue weighted by Gasteiger charge is -2.15. The third-order valence-corrected chi connectivity index (χ3v) is 6.38. The van der Waals surface area contributed by atoms with E-state index in [2.05, 4.69) is 15.1 Å². The van der Waals surface area contributed by atoms with Crippen molar-refractivity contribution < 1.29 is 20.1 Å². The summed E-state index contributed by atoms with van der Waals surface area (Å²) in [5, 5.41) is 36.2. The highest BCUT2D eigenvalue weighted by Gasteiger charge is 2.44. The lowest BCUT2D eigenvalue weighted by molar-refractivity contribution is -0.0566. The highest BCUT2D eigenvalue weighted by Crippen LogP contribution is 2.32. The molecule has 3 heterocycles. The minimum absolute atomic E-state index is 0.408. The predicted molar refractivity (Wildman–Crippen MR) is 115 cm³/mol. The van der Waals surface area contributed by atoms with Crippen molar-refractivity contribution in [2.24, 2.45) is 0 Å². The van der Waals surface area contributed by atoms with E-state index < -0.39 is 31.1 Å². The molecular formula is C19H18Cl2N4O4S. The van der Waals surface area contributed by atoms with E-state index >= 15 is 0 Å². The van der Waals surface area contributed by atoms with Gasteiger partial charge in [-0.1, -0.05) is 41.4 Å². The predicted octanol–water partition coefficient (Wildman–Crippen LogP) is 2.55. The molecule has 8 nitrogen and oxygen atoms in total. The van der Waals surface area contributed by atoms with Gasteiger partial charge >= 0.3 is 0 Å². The molecule has 4 rings (SSSR count). The zero-order valence-electron chi connectivity index (χ0n) is 15.5. The third kappa shape index (κ3) is 4.19. The molecule has 1 fully saturated rings. The van der Waals surface area contributed by atoms with Gasteiger partial charge in [0, 0.05) is 5.75 Å². The first-order valence-electron chi connectivity index (χ1n) is 9.04. The first-order chi connectivity index (χ1) is 14.5. The average Bonchev–Trinajstić information content (AvgIpc) is 3.29. The molecular weight excluding hydrogens is 451 g/mol. The molecule has 11 heteroatoms. The lowest BCUT2D eigenvalue weighted by Crippen LogP contribution is -2.33. The van der Waals surface area contributed by atoms with Gasteiger partial charge in [-0.2, -0.15) is 5.10 Å². The summed E-state index contributed by atoms with van der Waals surface area (Å²) in [4.78, 5) is 8.56. The average molecular weight is 469 g/mol. The fourth-order valence-electron chi connectivity index (χ4n) is 3.15. The summed E-state index contributed by atoms with van der Waals surface area (Å²) in [6, 6.07) is 5.42. The number of aliphatic hydroxyl groups excluding tert-OH is 3. The van der Waals surface area contributed by atoms with E-state index in [9.17, 15) is 15.3 Å². The summed E-state index contributed by atoms with van der Waals surface area (Å²) < 4.78 is 6.94. The van der Waals surface area contributed by atoms with Gasteiger partial charge in [-0.25, -0.2) is 14.6 Å². The van der Waals surface area contributed by atoms with E-state index in [4.69, 9.17) is 27.9 Å². The highest BCUT2D eigenvalue weighted by atomic mass is 35.5. The van der Waals surface area contributed by atoms with Crippen LogP contribution >= 0.6 is 35.0 Å². The standard InChI is InChI=1S/C19H18Cl2N4O4S/c20-12-4-3-10(6-13(12)21)2-1-5-30-18-11-7-24-25(17(11)22-9-23-18)19-16(28)15(27)14(8-26)29-19/h1-4,6-7,9,14-16,19,26-28H,5,8H2/b2-1+. The Morgan fingerprint density at radius 3 is 2.73 bits per heavy atom. The third-order valence-electron chi connectivity index (χ3n) is 4.68. The van der Waals surface area contributed by atoms with Crippen molar-refractivity contribution in [3.8, 4) is 0 Å². The number of hydrogen-bond acceptors (Lipinski definition) is 8. The molecule has 1 aliphatic heterocycles. The fraction of sp³-hybridized carbons (Fsp3) is 0.316. The van der Waals surface area contributed by atoms with Gasteiger partial charge in [-0.15, -0.1) is 11.8 Å². The summed E-state index contributed by atoms with van der Waals surface area (Å²) in [6.07, 6.45) is 2.66. The Morgan fingerprint density at radius 1 is 1.17 bits per heavy atom. The Morgan fingerprint density at radius 2 is 2.00 bits per heavy atom. The number of thioether (sulfide) groups is 1. The molecule has 0 spiro atoms. The van der Waals surface area contributed by atoms with E-state index in [0.29, 0.717) is 26.8 Å². The monoisotopic (exact) mass is 468 g/mol. The second kappa shape index (κ2) is 9.19. The quantitative estimate of drug-likeness (QED) is 0.373. The number of ether oxygens (including phenoxy) is 1. The van der Waals surface area contributed by atoms with Crippen molar-refractivity contribution in [3.63, 3.8) is 0 Å². The molecule has 4 atom stereocenters. The van der Waals surface area contributed by atoms with Crippen LogP contribution in [0.1, 0.15) is 11.8 Å². The van der Waals surface area contributed by atoms with Gasteiger partial charge in [0.15, 0.2) is 11.9 Å². The lowest BCUT2D eigenvalue weighted by atomic mass is 10.1. The smallest absolute Gasteiger partial charge is 0.181 e. The maximum Gasteiger partial charge on any atom is 0.181 e. The van der Waals surface area contributed by atoms with Gasteiger partial charge in [0.2, 0.25) is 0 Å². The maximum atomic E-state index is 10.3. The Labute approximate surface area is 186 Å². The number of rotatable bonds is 6. The van der Waals surface area contributed by atoms with Gasteiger partial charge in [0.25, 0.3) is 0 Å². The van der Waals surface area contributed by atoms with Crippen LogP contribution in [0.5, 0.6) is 0 Å². The minimum atomic E-state index is -1.23. The molecule has 30 heavy (non-hydrogen) atoms. The SMILES string of the molecule is OCC1OC(n2ncc3c(SC/C=C/c4ccc(Cl)c(Cl)c4)ncnc32)C(O)C1O. The van der Waals surface area contributed by atoms with Gasteiger partial charge in [0.05, 0.1) is 28.2 Å². The van der Waals surface area contributed by atoms with Crippen molar-refractivity contribution >= 4 is 52.1 Å². The topological polar surface area (TPSA) is 114 Å². The Kier molecular flexibility index (Phi) is 6.59. The van der Waals surface area contributed by atoms with Gasteiger partial charge in [-0.05, 0) is 17.7 Å². The fourth-order valence-corrected chi connectivity index (χ4v) is 4.23. The number of fused-ring (bicyclic) bond motifs is 1. The van der Waals surface area contributed by atoms with Gasteiger partial charge in [0.1, 0.15) is 29.7 Å². The zero-order valence-corrected chi connectivity index (χ0v) is 17.8. The van der Waals surface area contributed by atoms with Crippen molar-refractivity contribution in [1.29, 1.82) is 0 Å². The maximum absolute atomic E-state index is 10.3. The number of halogens is 2. The first kappa shape index (κ1) is 21.5. The van der Waals surface area contributed by atoms with E-state index in [1.807, 2.05) is 18.2 Å². The Bertz CT molecular complexity index is 1080. The van der Waals surface area contributed by atoms with Crippen LogP contribution in [0.25, 0.3) is 17.1 Å². The molecule has 3 aromatic rings. The van der Waals surface area contributed by atoms with Crippen molar-refractivity contribution in [2.75, 3.05) is 12.4 Å². The number of aliphatic hydroxyl groups is 3. The largest absolute Gasteiger partial charge is 0.394 e. The molecule has 1 aromatic carbocycles. The van der Waals surface area contributed by atoms with Gasteiger partial charge in [-0.3, -0.25) is 0 Å². The molecule has 0 radical (unpaired) electrons. The molecule has 0 aliphatic carbocycles. The molecule has 1 saturated heterocycles. The second-order valence-corrected chi connectivity index (χ2v) is 8.44. The summed E-state index contributed by atoms with van der Waals surface area (Å²) >= 11 is 13.4. The molecule has 2 aromatic heterocycles. The van der Waals surface area contributed by atoms with Crippen LogP contribution in [0.2, 0.25) is 10.0 Å². The number of benzene rings is 1. The molecule has 3 N–H and O–H groups in total. The second-order valence-electron chi connectivity index (χ2n) is 6.62. The summed E-state index contributed by atoms with van der Waals surface area (Å²) in [5.41, 5.74) is 1.41.